The number of fused-ring (bicyclic) bond motifs is 1. The standard InChI is InChI=1S/C10H6N2OS/c1-2-8-9(13-6-12-8)5-7(1)10-11-3-4-14-10/h1-6H. The van der Waals surface area contributed by atoms with Crippen LogP contribution in [0.5, 0.6) is 0 Å². The zero-order chi connectivity index (χ0) is 9.38. The van der Waals surface area contributed by atoms with Crippen LogP contribution in [0.1, 0.15) is 0 Å². The molecule has 0 N–H and O–H groups in total. The SMILES string of the molecule is c1csc(-c2ccc3ncoc3c2)n1. The van der Waals surface area contributed by atoms with E-state index in [0.29, 0.717) is 0 Å². The monoisotopic (exact) mass is 202 g/mol. The summed E-state index contributed by atoms with van der Waals surface area (Å²) in [5.74, 6) is 0. The van der Waals surface area contributed by atoms with E-state index in [4.69, 9.17) is 4.42 Å². The van der Waals surface area contributed by atoms with E-state index in [1.165, 1.54) is 6.39 Å². The second kappa shape index (κ2) is 2.92. The molecule has 4 heteroatoms. The summed E-state index contributed by atoms with van der Waals surface area (Å²) in [6.07, 6.45) is 3.25. The van der Waals surface area contributed by atoms with Crippen molar-refractivity contribution in [1.29, 1.82) is 0 Å². The predicted octanol–water partition coefficient (Wildman–Crippen LogP) is 2.95. The van der Waals surface area contributed by atoms with Gasteiger partial charge in [0.1, 0.15) is 10.5 Å². The van der Waals surface area contributed by atoms with Crippen LogP contribution in [-0.2, 0) is 0 Å². The van der Waals surface area contributed by atoms with E-state index in [9.17, 15) is 0 Å². The molecule has 0 amide bonds. The third-order valence-corrected chi connectivity index (χ3v) is 2.83. The molecule has 0 aliphatic carbocycles. The van der Waals surface area contributed by atoms with E-state index in [1.807, 2.05) is 23.6 Å². The number of nitrogens with zero attached hydrogens (tertiary/aromatic N) is 2. The van der Waals surface area contributed by atoms with Gasteiger partial charge in [0, 0.05) is 17.1 Å². The van der Waals surface area contributed by atoms with Crippen molar-refractivity contribution >= 4 is 22.4 Å². The van der Waals surface area contributed by atoms with Gasteiger partial charge < -0.3 is 4.42 Å². The fourth-order valence-electron chi connectivity index (χ4n) is 1.35. The van der Waals surface area contributed by atoms with Gasteiger partial charge in [-0.3, -0.25) is 0 Å². The van der Waals surface area contributed by atoms with Crippen LogP contribution < -0.4 is 0 Å². The maximum atomic E-state index is 5.22. The molecule has 1 aromatic carbocycles. The number of benzene rings is 1. The molecule has 0 unspecified atom stereocenters. The van der Waals surface area contributed by atoms with E-state index in [0.717, 1.165) is 21.7 Å². The molecule has 0 bridgehead atoms. The van der Waals surface area contributed by atoms with Crippen molar-refractivity contribution in [2.75, 3.05) is 0 Å². The lowest BCUT2D eigenvalue weighted by atomic mass is 10.2. The number of thiazole rings is 1. The molecule has 0 spiro atoms. The first-order valence-corrected chi connectivity index (χ1v) is 5.04. The molecule has 68 valence electrons. The Labute approximate surface area is 84.0 Å². The van der Waals surface area contributed by atoms with Gasteiger partial charge in [0.15, 0.2) is 12.0 Å². The van der Waals surface area contributed by atoms with Gasteiger partial charge in [-0.2, -0.15) is 0 Å². The second-order valence-corrected chi connectivity index (χ2v) is 3.77. The molecule has 3 nitrogen and oxygen atoms in total. The Kier molecular flexibility index (Phi) is 1.61. The highest BCUT2D eigenvalue weighted by Gasteiger charge is 2.03. The first kappa shape index (κ1) is 7.70. The Morgan fingerprint density at radius 1 is 1.21 bits per heavy atom. The zero-order valence-electron chi connectivity index (χ0n) is 7.18. The largest absolute Gasteiger partial charge is 0.443 e. The van der Waals surface area contributed by atoms with Crippen molar-refractivity contribution in [1.82, 2.24) is 9.97 Å². The molecule has 0 saturated heterocycles. The van der Waals surface area contributed by atoms with Gasteiger partial charge in [-0.25, -0.2) is 9.97 Å². The Bertz CT molecular complexity index is 556. The van der Waals surface area contributed by atoms with Crippen molar-refractivity contribution in [2.45, 2.75) is 0 Å². The summed E-state index contributed by atoms with van der Waals surface area (Å²) >= 11 is 1.61. The summed E-state index contributed by atoms with van der Waals surface area (Å²) in [4.78, 5) is 8.29. The fourth-order valence-corrected chi connectivity index (χ4v) is 1.99. The number of hydrogen-bond acceptors (Lipinski definition) is 4. The van der Waals surface area contributed by atoms with Crippen LogP contribution in [0.4, 0.5) is 0 Å². The molecule has 2 aromatic heterocycles. The van der Waals surface area contributed by atoms with Gasteiger partial charge in [0.05, 0.1) is 0 Å². The van der Waals surface area contributed by atoms with E-state index in [2.05, 4.69) is 9.97 Å². The molecule has 0 aliphatic rings. The summed E-state index contributed by atoms with van der Waals surface area (Å²) in [7, 11) is 0. The van der Waals surface area contributed by atoms with Gasteiger partial charge in [0.2, 0.25) is 0 Å². The molecule has 0 radical (unpaired) electrons. The van der Waals surface area contributed by atoms with Gasteiger partial charge in [-0.1, -0.05) is 0 Å². The van der Waals surface area contributed by atoms with Crippen LogP contribution >= 0.6 is 11.3 Å². The number of rotatable bonds is 1. The quantitative estimate of drug-likeness (QED) is 0.609. The summed E-state index contributed by atoms with van der Waals surface area (Å²) < 4.78 is 5.22. The topological polar surface area (TPSA) is 38.9 Å². The lowest BCUT2D eigenvalue weighted by Crippen LogP contribution is -1.74. The summed E-state index contributed by atoms with van der Waals surface area (Å²) in [6.45, 7) is 0. The van der Waals surface area contributed by atoms with Crippen molar-refractivity contribution in [2.24, 2.45) is 0 Å². The van der Waals surface area contributed by atoms with Crippen LogP contribution in [0, 0.1) is 0 Å². The van der Waals surface area contributed by atoms with Crippen LogP contribution in [0.3, 0.4) is 0 Å². The minimum atomic E-state index is 0.803. The highest BCUT2D eigenvalue weighted by molar-refractivity contribution is 7.13. The molecular weight excluding hydrogens is 196 g/mol. The third-order valence-electron chi connectivity index (χ3n) is 2.01. The van der Waals surface area contributed by atoms with Crippen LogP contribution in [0.25, 0.3) is 21.7 Å². The lowest BCUT2D eigenvalue weighted by Gasteiger charge is -1.94. The molecule has 0 aliphatic heterocycles. The van der Waals surface area contributed by atoms with Crippen molar-refractivity contribution in [3.05, 3.63) is 36.2 Å². The van der Waals surface area contributed by atoms with Gasteiger partial charge in [-0.05, 0) is 18.2 Å². The number of oxazole rings is 1. The summed E-state index contributed by atoms with van der Waals surface area (Å²) in [5, 5.41) is 2.96. The van der Waals surface area contributed by atoms with E-state index < -0.39 is 0 Å². The molecule has 14 heavy (non-hydrogen) atoms. The highest BCUT2D eigenvalue weighted by Crippen LogP contribution is 2.25. The van der Waals surface area contributed by atoms with Gasteiger partial charge in [-0.15, -0.1) is 11.3 Å². The van der Waals surface area contributed by atoms with Gasteiger partial charge in [0.25, 0.3) is 0 Å². The Morgan fingerprint density at radius 3 is 3.07 bits per heavy atom. The first-order chi connectivity index (χ1) is 6.93. The fraction of sp³-hybridized carbons (Fsp3) is 0. The molecule has 0 saturated carbocycles. The summed E-state index contributed by atoms with van der Waals surface area (Å²) in [5.41, 5.74) is 2.76. The Balaban J connectivity index is 2.23. The second-order valence-electron chi connectivity index (χ2n) is 2.87. The Hall–Kier alpha value is -1.68. The molecule has 3 rings (SSSR count). The molecular formula is C10H6N2OS. The van der Waals surface area contributed by atoms with E-state index in [1.54, 1.807) is 17.5 Å². The number of aromatic nitrogens is 2. The third kappa shape index (κ3) is 1.12. The van der Waals surface area contributed by atoms with E-state index >= 15 is 0 Å². The smallest absolute Gasteiger partial charge is 0.181 e. The molecule has 0 atom stereocenters. The maximum Gasteiger partial charge on any atom is 0.181 e. The minimum Gasteiger partial charge on any atom is -0.443 e. The van der Waals surface area contributed by atoms with Gasteiger partial charge >= 0.3 is 0 Å². The van der Waals surface area contributed by atoms with Crippen molar-refractivity contribution < 1.29 is 4.42 Å². The molecule has 2 heterocycles. The van der Waals surface area contributed by atoms with Crippen LogP contribution in [-0.4, -0.2) is 9.97 Å². The number of hydrogen-bond donors (Lipinski definition) is 0. The molecule has 3 aromatic rings. The minimum absolute atomic E-state index is 0.803. The lowest BCUT2D eigenvalue weighted by molar-refractivity contribution is 0.602. The Morgan fingerprint density at radius 2 is 2.21 bits per heavy atom. The van der Waals surface area contributed by atoms with Crippen molar-refractivity contribution in [3.8, 4) is 10.6 Å². The summed E-state index contributed by atoms with van der Waals surface area (Å²) in [6, 6.07) is 5.90. The average molecular weight is 202 g/mol. The predicted molar refractivity (Wildman–Crippen MR) is 55.1 cm³/mol. The zero-order valence-corrected chi connectivity index (χ0v) is 7.99. The normalized spacial score (nSPS) is 10.9. The van der Waals surface area contributed by atoms with Crippen molar-refractivity contribution in [3.63, 3.8) is 0 Å². The molecule has 0 fully saturated rings. The highest BCUT2D eigenvalue weighted by atomic mass is 32.1. The van der Waals surface area contributed by atoms with Crippen LogP contribution in [0.2, 0.25) is 0 Å². The average Bonchev–Trinajstić information content (AvgIpc) is 2.88. The van der Waals surface area contributed by atoms with Crippen LogP contribution in [0.15, 0.2) is 40.6 Å². The first-order valence-electron chi connectivity index (χ1n) is 4.16. The maximum absolute atomic E-state index is 5.22. The van der Waals surface area contributed by atoms with E-state index in [-0.39, 0.29) is 0 Å².